The molecule has 2 aromatic carbocycles. The summed E-state index contributed by atoms with van der Waals surface area (Å²) < 4.78 is 10.9. The van der Waals surface area contributed by atoms with E-state index < -0.39 is 16.8 Å². The number of nitrogens with one attached hydrogen (secondary N) is 1. The summed E-state index contributed by atoms with van der Waals surface area (Å²) in [6.45, 7) is 1.85. The van der Waals surface area contributed by atoms with Crippen LogP contribution in [0.5, 0.6) is 0 Å². The topological polar surface area (TPSA) is 135 Å². The minimum absolute atomic E-state index is 0.0509. The van der Waals surface area contributed by atoms with Gasteiger partial charge >= 0.3 is 5.97 Å². The summed E-state index contributed by atoms with van der Waals surface area (Å²) in [5.41, 5.74) is 1.91. The average molecular weight is 514 g/mol. The van der Waals surface area contributed by atoms with Gasteiger partial charge in [0.15, 0.2) is 0 Å². The molecule has 4 rings (SSSR count). The highest BCUT2D eigenvalue weighted by Gasteiger charge is 2.24. The number of anilines is 1. The van der Waals surface area contributed by atoms with Crippen LogP contribution in [0.4, 0.5) is 10.7 Å². The molecule has 0 aliphatic heterocycles. The van der Waals surface area contributed by atoms with Crippen molar-refractivity contribution >= 4 is 40.0 Å². The lowest BCUT2D eigenvalue weighted by atomic mass is 10.0. The number of amides is 1. The highest BCUT2D eigenvalue weighted by Crippen LogP contribution is 2.36. The maximum absolute atomic E-state index is 13.0. The zero-order chi connectivity index (χ0) is 26.4. The highest BCUT2D eigenvalue weighted by molar-refractivity contribution is 7.15. The fourth-order valence-electron chi connectivity index (χ4n) is 3.48. The molecule has 0 saturated carbocycles. The summed E-state index contributed by atoms with van der Waals surface area (Å²) in [5.74, 6) is -0.655. The van der Waals surface area contributed by atoms with Gasteiger partial charge in [0, 0.05) is 34.7 Å². The highest BCUT2D eigenvalue weighted by atomic mass is 32.1. The van der Waals surface area contributed by atoms with Gasteiger partial charge in [0.05, 0.1) is 11.5 Å². The Balaban J connectivity index is 1.59. The van der Waals surface area contributed by atoms with E-state index in [1.54, 1.807) is 36.6 Å². The van der Waals surface area contributed by atoms with Crippen LogP contribution >= 0.6 is 11.3 Å². The molecule has 0 unspecified atom stereocenters. The van der Waals surface area contributed by atoms with Crippen molar-refractivity contribution < 1.29 is 23.7 Å². The standard InChI is InChI=1S/C27H19N3O6S/c1-2-35-27(32)24-22(17-6-4-3-5-7-17)16-37-26(24)29-25(31)19(15-28)14-21-12-13-23(36-21)18-8-10-20(11-9-18)30(33)34/h3-14,16H,2H2,1H3,(H,29,31)/b19-14+. The molecule has 9 nitrogen and oxygen atoms in total. The lowest BCUT2D eigenvalue weighted by Crippen LogP contribution is -2.16. The number of hydrogen-bond donors (Lipinski definition) is 1. The molecule has 2 aromatic heterocycles. The van der Waals surface area contributed by atoms with E-state index in [0.29, 0.717) is 16.9 Å². The Morgan fingerprint density at radius 2 is 1.84 bits per heavy atom. The number of nitro groups is 1. The maximum Gasteiger partial charge on any atom is 0.341 e. The van der Waals surface area contributed by atoms with Crippen LogP contribution in [0.2, 0.25) is 0 Å². The number of nitro benzene ring substituents is 1. The molecule has 0 aliphatic rings. The van der Waals surface area contributed by atoms with Crippen LogP contribution in [0.1, 0.15) is 23.0 Å². The van der Waals surface area contributed by atoms with Gasteiger partial charge in [-0.3, -0.25) is 14.9 Å². The molecule has 0 fully saturated rings. The van der Waals surface area contributed by atoms with Crippen molar-refractivity contribution in [1.82, 2.24) is 0 Å². The predicted octanol–water partition coefficient (Wildman–Crippen LogP) is 6.31. The SMILES string of the molecule is CCOC(=O)c1c(-c2ccccc2)csc1NC(=O)/C(C#N)=C/c1ccc(-c2ccc([N+](=O)[O-])cc2)o1. The number of hydrogen-bond acceptors (Lipinski definition) is 8. The first-order valence-electron chi connectivity index (χ1n) is 11.0. The number of carbonyl (C=O) groups excluding carboxylic acids is 2. The Hall–Kier alpha value is -5.01. The molecule has 10 heteroatoms. The van der Waals surface area contributed by atoms with Crippen LogP contribution in [0.15, 0.2) is 82.1 Å². The van der Waals surface area contributed by atoms with Crippen molar-refractivity contribution in [1.29, 1.82) is 5.26 Å². The van der Waals surface area contributed by atoms with Gasteiger partial charge in [-0.1, -0.05) is 30.3 Å². The number of non-ortho nitro benzene ring substituents is 1. The molecule has 184 valence electrons. The molecular formula is C27H19N3O6S. The second-order valence-corrected chi connectivity index (χ2v) is 8.45. The lowest BCUT2D eigenvalue weighted by molar-refractivity contribution is -0.384. The molecule has 0 saturated heterocycles. The Kier molecular flexibility index (Phi) is 7.56. The molecular weight excluding hydrogens is 494 g/mol. The predicted molar refractivity (Wildman–Crippen MR) is 139 cm³/mol. The van der Waals surface area contributed by atoms with Crippen LogP contribution < -0.4 is 5.32 Å². The van der Waals surface area contributed by atoms with Crippen molar-refractivity contribution in [2.45, 2.75) is 6.92 Å². The quantitative estimate of drug-likeness (QED) is 0.0959. The number of rotatable bonds is 8. The van der Waals surface area contributed by atoms with Crippen LogP contribution in [0, 0.1) is 21.4 Å². The third kappa shape index (κ3) is 5.63. The number of furan rings is 1. The van der Waals surface area contributed by atoms with E-state index in [0.717, 1.165) is 16.9 Å². The number of esters is 1. The number of ether oxygens (including phenoxy) is 1. The Labute approximate surface area is 215 Å². The van der Waals surface area contributed by atoms with Gasteiger partial charge in [0.25, 0.3) is 11.6 Å². The third-order valence-corrected chi connectivity index (χ3v) is 6.12. The molecule has 0 spiro atoms. The zero-order valence-corrected chi connectivity index (χ0v) is 20.3. The van der Waals surface area contributed by atoms with Gasteiger partial charge in [-0.15, -0.1) is 11.3 Å². The van der Waals surface area contributed by atoms with Crippen molar-refractivity contribution in [2.24, 2.45) is 0 Å². The molecule has 37 heavy (non-hydrogen) atoms. The van der Waals surface area contributed by atoms with E-state index in [1.807, 2.05) is 36.4 Å². The van der Waals surface area contributed by atoms with Gasteiger partial charge in [0.2, 0.25) is 0 Å². The molecule has 2 heterocycles. The van der Waals surface area contributed by atoms with E-state index in [9.17, 15) is 25.0 Å². The van der Waals surface area contributed by atoms with E-state index in [4.69, 9.17) is 9.15 Å². The number of thiophene rings is 1. The second kappa shape index (κ2) is 11.2. The molecule has 0 atom stereocenters. The van der Waals surface area contributed by atoms with E-state index in [2.05, 4.69) is 5.32 Å². The van der Waals surface area contributed by atoms with Gasteiger partial charge in [-0.05, 0) is 36.8 Å². The van der Waals surface area contributed by atoms with E-state index in [-0.39, 0.29) is 34.2 Å². The van der Waals surface area contributed by atoms with Gasteiger partial charge in [0.1, 0.15) is 33.7 Å². The van der Waals surface area contributed by atoms with E-state index in [1.165, 1.54) is 18.2 Å². The lowest BCUT2D eigenvalue weighted by Gasteiger charge is -2.08. The minimum Gasteiger partial charge on any atom is -0.462 e. The molecule has 1 N–H and O–H groups in total. The first-order valence-corrected chi connectivity index (χ1v) is 11.9. The third-order valence-electron chi connectivity index (χ3n) is 5.22. The number of nitriles is 1. The van der Waals surface area contributed by atoms with Gasteiger partial charge in [-0.25, -0.2) is 4.79 Å². The van der Waals surface area contributed by atoms with Crippen LogP contribution in [-0.2, 0) is 9.53 Å². The summed E-state index contributed by atoms with van der Waals surface area (Å²) in [4.78, 5) is 36.0. The summed E-state index contributed by atoms with van der Waals surface area (Å²) in [5, 5.41) is 25.1. The molecule has 4 aromatic rings. The smallest absolute Gasteiger partial charge is 0.341 e. The zero-order valence-electron chi connectivity index (χ0n) is 19.5. The van der Waals surface area contributed by atoms with Gasteiger partial charge < -0.3 is 14.5 Å². The fourth-order valence-corrected chi connectivity index (χ4v) is 4.43. The number of carbonyl (C=O) groups is 2. The molecule has 0 aliphatic carbocycles. The minimum atomic E-state index is -0.720. The Morgan fingerprint density at radius 1 is 1.11 bits per heavy atom. The van der Waals surface area contributed by atoms with Crippen LogP contribution in [0.3, 0.4) is 0 Å². The maximum atomic E-state index is 13.0. The summed E-state index contributed by atoms with van der Waals surface area (Å²) in [7, 11) is 0. The fraction of sp³-hybridized carbons (Fsp3) is 0.0741. The largest absolute Gasteiger partial charge is 0.462 e. The number of benzene rings is 2. The van der Waals surface area contributed by atoms with E-state index >= 15 is 0 Å². The van der Waals surface area contributed by atoms with Crippen LogP contribution in [0.25, 0.3) is 28.5 Å². The van der Waals surface area contributed by atoms with Crippen molar-refractivity contribution in [3.63, 3.8) is 0 Å². The van der Waals surface area contributed by atoms with Crippen molar-refractivity contribution in [3.8, 4) is 28.5 Å². The molecule has 0 radical (unpaired) electrons. The van der Waals surface area contributed by atoms with Crippen molar-refractivity contribution in [3.05, 3.63) is 99.1 Å². The average Bonchev–Trinajstić information content (AvgIpc) is 3.55. The number of nitrogens with zero attached hydrogens (tertiary/aromatic N) is 2. The summed E-state index contributed by atoms with van der Waals surface area (Å²) in [6.07, 6.45) is 1.28. The Bertz CT molecular complexity index is 1530. The monoisotopic (exact) mass is 513 g/mol. The first kappa shape index (κ1) is 25.1. The summed E-state index contributed by atoms with van der Waals surface area (Å²) >= 11 is 1.15. The molecule has 0 bridgehead atoms. The second-order valence-electron chi connectivity index (χ2n) is 7.57. The summed E-state index contributed by atoms with van der Waals surface area (Å²) in [6, 6.07) is 20.1. The first-order chi connectivity index (χ1) is 17.9. The van der Waals surface area contributed by atoms with Crippen LogP contribution in [-0.4, -0.2) is 23.4 Å². The Morgan fingerprint density at radius 3 is 2.49 bits per heavy atom. The van der Waals surface area contributed by atoms with Gasteiger partial charge in [-0.2, -0.15) is 5.26 Å². The normalized spacial score (nSPS) is 11.0. The van der Waals surface area contributed by atoms with Crippen molar-refractivity contribution in [2.75, 3.05) is 11.9 Å². The molecule has 1 amide bonds.